The molecule has 6 rings (SSSR count). The lowest BCUT2D eigenvalue weighted by molar-refractivity contribution is -0.155. The molecule has 1 saturated heterocycles. The van der Waals surface area contributed by atoms with Crippen molar-refractivity contribution < 1.29 is 23.9 Å². The number of hydrogen-bond donors (Lipinski definition) is 0. The van der Waals surface area contributed by atoms with Gasteiger partial charge < -0.3 is 19.3 Å². The second-order valence-corrected chi connectivity index (χ2v) is 10.7. The van der Waals surface area contributed by atoms with Crippen molar-refractivity contribution in [2.45, 2.75) is 44.9 Å². The lowest BCUT2D eigenvalue weighted by atomic mass is 9.98. The predicted octanol–water partition coefficient (Wildman–Crippen LogP) is 4.60. The van der Waals surface area contributed by atoms with Crippen LogP contribution in [-0.4, -0.2) is 52.8 Å². The number of likely N-dealkylation sites (tertiary alicyclic amines) is 1. The van der Waals surface area contributed by atoms with Gasteiger partial charge >= 0.3 is 5.97 Å². The maximum Gasteiger partial charge on any atom is 0.329 e. The zero-order chi connectivity index (χ0) is 26.3. The fourth-order valence-corrected chi connectivity index (χ4v) is 5.76. The highest BCUT2D eigenvalue weighted by Crippen LogP contribution is 2.59. The molecule has 3 aliphatic rings. The molecule has 3 aromatic rings. The summed E-state index contributed by atoms with van der Waals surface area (Å²) in [5, 5.41) is 0. The first-order chi connectivity index (χ1) is 18.4. The summed E-state index contributed by atoms with van der Waals surface area (Å²) in [7, 11) is 0. The highest BCUT2D eigenvalue weighted by atomic mass is 16.5. The van der Waals surface area contributed by atoms with Gasteiger partial charge in [0.1, 0.15) is 30.7 Å². The van der Waals surface area contributed by atoms with E-state index in [9.17, 15) is 14.4 Å². The van der Waals surface area contributed by atoms with E-state index in [-0.39, 0.29) is 42.4 Å². The van der Waals surface area contributed by atoms with E-state index in [2.05, 4.69) is 6.92 Å². The molecular formula is C31H30N2O5. The van der Waals surface area contributed by atoms with E-state index >= 15 is 0 Å². The Morgan fingerprint density at radius 1 is 0.947 bits per heavy atom. The normalized spacial score (nSPS) is 23.4. The van der Waals surface area contributed by atoms with E-state index < -0.39 is 6.04 Å². The van der Waals surface area contributed by atoms with Gasteiger partial charge in [-0.05, 0) is 66.1 Å². The smallest absolute Gasteiger partial charge is 0.329 e. The van der Waals surface area contributed by atoms with Crippen LogP contribution in [0.15, 0.2) is 78.9 Å². The molecule has 0 radical (unpaired) electrons. The van der Waals surface area contributed by atoms with Crippen LogP contribution >= 0.6 is 0 Å². The van der Waals surface area contributed by atoms with Crippen LogP contribution in [-0.2, 0) is 27.4 Å². The first-order valence-electron chi connectivity index (χ1n) is 13.1. The number of piperidine rings is 1. The van der Waals surface area contributed by atoms with Crippen molar-refractivity contribution in [3.63, 3.8) is 0 Å². The Kier molecular flexibility index (Phi) is 6.14. The molecule has 0 spiro atoms. The van der Waals surface area contributed by atoms with Gasteiger partial charge in [-0.3, -0.25) is 9.59 Å². The van der Waals surface area contributed by atoms with Gasteiger partial charge in [-0.15, -0.1) is 0 Å². The largest absolute Gasteiger partial charge is 0.459 e. The highest BCUT2D eigenvalue weighted by Gasteiger charge is 2.64. The van der Waals surface area contributed by atoms with Gasteiger partial charge in [0, 0.05) is 18.2 Å². The second-order valence-electron chi connectivity index (χ2n) is 10.7. The number of fused-ring (bicyclic) bond motifs is 2. The van der Waals surface area contributed by atoms with Crippen LogP contribution in [0.2, 0.25) is 0 Å². The van der Waals surface area contributed by atoms with E-state index in [1.165, 1.54) is 0 Å². The van der Waals surface area contributed by atoms with E-state index in [1.54, 1.807) is 21.9 Å². The third kappa shape index (κ3) is 4.64. The SMILES string of the molecule is C[C@@]12C[C@@H]1N(C(=O)CN1CCc3cc(Oc4ccccc4)ccc3C1=O)[C@H](C(=O)OCc1ccccc1)C2. The molecule has 1 aliphatic carbocycles. The van der Waals surface area contributed by atoms with Crippen LogP contribution in [0.4, 0.5) is 0 Å². The van der Waals surface area contributed by atoms with Gasteiger partial charge in [0.05, 0.1) is 0 Å². The molecule has 38 heavy (non-hydrogen) atoms. The molecule has 1 saturated carbocycles. The summed E-state index contributed by atoms with van der Waals surface area (Å²) in [5.74, 6) is 0.660. The predicted molar refractivity (Wildman–Crippen MR) is 141 cm³/mol. The minimum absolute atomic E-state index is 0.0224. The van der Waals surface area contributed by atoms with Gasteiger partial charge in [0.15, 0.2) is 0 Å². The number of hydrogen-bond acceptors (Lipinski definition) is 5. The van der Waals surface area contributed by atoms with Crippen LogP contribution in [0.25, 0.3) is 0 Å². The summed E-state index contributed by atoms with van der Waals surface area (Å²) >= 11 is 0. The number of esters is 1. The number of ether oxygens (including phenoxy) is 2. The van der Waals surface area contributed by atoms with E-state index in [4.69, 9.17) is 9.47 Å². The molecule has 2 heterocycles. The third-order valence-electron chi connectivity index (χ3n) is 7.97. The van der Waals surface area contributed by atoms with Crippen molar-refractivity contribution in [2.24, 2.45) is 5.41 Å². The number of para-hydroxylation sites is 1. The Bertz CT molecular complexity index is 1380. The molecule has 194 valence electrons. The van der Waals surface area contributed by atoms with Crippen LogP contribution < -0.4 is 4.74 Å². The van der Waals surface area contributed by atoms with E-state index in [0.29, 0.717) is 30.7 Å². The fourth-order valence-electron chi connectivity index (χ4n) is 5.76. The summed E-state index contributed by atoms with van der Waals surface area (Å²) in [5.41, 5.74) is 2.34. The maximum absolute atomic E-state index is 13.5. The van der Waals surface area contributed by atoms with E-state index in [0.717, 1.165) is 23.3 Å². The minimum Gasteiger partial charge on any atom is -0.459 e. The molecular weight excluding hydrogens is 480 g/mol. The molecule has 7 heteroatoms. The van der Waals surface area contributed by atoms with Crippen molar-refractivity contribution >= 4 is 17.8 Å². The van der Waals surface area contributed by atoms with Crippen molar-refractivity contribution in [3.8, 4) is 11.5 Å². The molecule has 2 aliphatic heterocycles. The monoisotopic (exact) mass is 510 g/mol. The summed E-state index contributed by atoms with van der Waals surface area (Å²) < 4.78 is 11.5. The Labute approximate surface area is 222 Å². The molecule has 3 atom stereocenters. The minimum atomic E-state index is -0.611. The number of carbonyl (C=O) groups excluding carboxylic acids is 3. The Morgan fingerprint density at radius 3 is 2.45 bits per heavy atom. The average molecular weight is 511 g/mol. The number of carbonyl (C=O) groups is 3. The van der Waals surface area contributed by atoms with Crippen LogP contribution in [0.3, 0.4) is 0 Å². The standard InChI is InChI=1S/C31H30N2O5/c1-31-17-26(30(36)37-20-21-8-4-2-5-9-21)33(27(31)18-31)28(34)19-32-15-14-22-16-24(12-13-25(22)29(32)35)38-23-10-6-3-7-11-23/h2-13,16,26-27H,14-15,17-20H2,1H3/t26-,27-,31+/m0/s1. The molecule has 0 unspecified atom stereocenters. The maximum atomic E-state index is 13.5. The van der Waals surface area contributed by atoms with Crippen molar-refractivity contribution in [3.05, 3.63) is 95.6 Å². The lowest BCUT2D eigenvalue weighted by Crippen LogP contribution is -2.50. The molecule has 3 aromatic carbocycles. The molecule has 2 fully saturated rings. The molecule has 7 nitrogen and oxygen atoms in total. The lowest BCUT2D eigenvalue weighted by Gasteiger charge is -2.32. The van der Waals surface area contributed by atoms with Gasteiger partial charge in [0.2, 0.25) is 5.91 Å². The molecule has 0 aromatic heterocycles. The number of benzene rings is 3. The summed E-state index contributed by atoms with van der Waals surface area (Å²) in [6.07, 6.45) is 2.10. The molecule has 0 N–H and O–H groups in total. The first kappa shape index (κ1) is 24.2. The summed E-state index contributed by atoms with van der Waals surface area (Å²) in [6.45, 7) is 2.68. The Balaban J connectivity index is 1.11. The molecule has 0 bridgehead atoms. The molecule has 2 amide bonds. The Hall–Kier alpha value is -4.13. The van der Waals surface area contributed by atoms with Crippen LogP contribution in [0.5, 0.6) is 11.5 Å². The summed E-state index contributed by atoms with van der Waals surface area (Å²) in [4.78, 5) is 43.1. The van der Waals surface area contributed by atoms with Gasteiger partial charge in [-0.1, -0.05) is 55.5 Å². The van der Waals surface area contributed by atoms with Crippen LogP contribution in [0.1, 0.15) is 41.3 Å². The van der Waals surface area contributed by atoms with Crippen molar-refractivity contribution in [1.82, 2.24) is 9.80 Å². The van der Waals surface area contributed by atoms with Gasteiger partial charge in [0.25, 0.3) is 5.91 Å². The number of amides is 2. The average Bonchev–Trinajstić information content (AvgIpc) is 3.49. The van der Waals surface area contributed by atoms with Crippen molar-refractivity contribution in [1.29, 1.82) is 0 Å². The number of rotatable bonds is 7. The van der Waals surface area contributed by atoms with Crippen LogP contribution in [0, 0.1) is 5.41 Å². The fraction of sp³-hybridized carbons (Fsp3) is 0.323. The van der Waals surface area contributed by atoms with Crippen molar-refractivity contribution in [2.75, 3.05) is 13.1 Å². The summed E-state index contributed by atoms with van der Waals surface area (Å²) in [6, 6.07) is 23.9. The Morgan fingerprint density at radius 2 is 1.68 bits per heavy atom. The second kappa shape index (κ2) is 9.63. The topological polar surface area (TPSA) is 76.2 Å². The first-order valence-corrected chi connectivity index (χ1v) is 13.1. The van der Waals surface area contributed by atoms with Gasteiger partial charge in [-0.2, -0.15) is 0 Å². The zero-order valence-corrected chi connectivity index (χ0v) is 21.3. The third-order valence-corrected chi connectivity index (χ3v) is 7.97. The quantitative estimate of drug-likeness (QED) is 0.434. The zero-order valence-electron chi connectivity index (χ0n) is 21.3. The van der Waals surface area contributed by atoms with E-state index in [1.807, 2.05) is 66.7 Å². The highest BCUT2D eigenvalue weighted by molar-refractivity contribution is 5.99. The number of nitrogens with zero attached hydrogens (tertiary/aromatic N) is 2. The van der Waals surface area contributed by atoms with Gasteiger partial charge in [-0.25, -0.2) is 4.79 Å².